The van der Waals surface area contributed by atoms with Crippen LogP contribution in [0, 0.1) is 18.3 Å². The van der Waals surface area contributed by atoms with Crippen LogP contribution in [0.3, 0.4) is 0 Å². The molecule has 0 unspecified atom stereocenters. The van der Waals surface area contributed by atoms with Gasteiger partial charge in [0.1, 0.15) is 24.0 Å². The van der Waals surface area contributed by atoms with E-state index >= 15 is 0 Å². The second-order valence-corrected chi connectivity index (χ2v) is 6.22. The normalized spacial score (nSPS) is 14.8. The van der Waals surface area contributed by atoms with Crippen molar-refractivity contribution in [2.75, 3.05) is 36.0 Å². The Labute approximate surface area is 149 Å². The Morgan fingerprint density at radius 1 is 1.12 bits per heavy atom. The number of aryl methyl sites for hydroxylation is 1. The van der Waals surface area contributed by atoms with Crippen LogP contribution in [-0.4, -0.2) is 50.7 Å². The van der Waals surface area contributed by atoms with Gasteiger partial charge in [0.15, 0.2) is 5.69 Å². The first-order chi connectivity index (χ1) is 12.2. The van der Waals surface area contributed by atoms with Gasteiger partial charge in [-0.2, -0.15) is 19.9 Å². The molecule has 4 heterocycles. The zero-order valence-electron chi connectivity index (χ0n) is 13.6. The Bertz CT molecular complexity index is 968. The van der Waals surface area contributed by atoms with Gasteiger partial charge in [-0.25, -0.2) is 9.97 Å². The van der Waals surface area contributed by atoms with Crippen LogP contribution in [0.4, 0.5) is 11.6 Å². The van der Waals surface area contributed by atoms with Gasteiger partial charge in [0.25, 0.3) is 5.78 Å². The minimum absolute atomic E-state index is 0.260. The molecule has 0 aromatic carbocycles. The number of hydrogen-bond donors (Lipinski definition) is 0. The van der Waals surface area contributed by atoms with E-state index in [-0.39, 0.29) is 5.69 Å². The molecular weight excluding hydrogens is 340 g/mol. The number of hydrogen-bond acceptors (Lipinski definition) is 7. The van der Waals surface area contributed by atoms with Crippen LogP contribution in [0.1, 0.15) is 11.4 Å². The molecule has 0 N–H and O–H groups in total. The SMILES string of the molecule is Cc1cc(N2CCN(c3ccc(Cl)c(C#N)n3)CC2)n2ncnc2n1. The molecule has 4 rings (SSSR count). The van der Waals surface area contributed by atoms with E-state index in [4.69, 9.17) is 16.9 Å². The van der Waals surface area contributed by atoms with E-state index < -0.39 is 0 Å². The number of nitrogens with zero attached hydrogens (tertiary/aromatic N) is 8. The molecule has 3 aromatic heterocycles. The van der Waals surface area contributed by atoms with Crippen LogP contribution in [0.2, 0.25) is 5.02 Å². The lowest BCUT2D eigenvalue weighted by Crippen LogP contribution is -2.47. The highest BCUT2D eigenvalue weighted by Gasteiger charge is 2.21. The molecule has 8 nitrogen and oxygen atoms in total. The maximum atomic E-state index is 9.09. The van der Waals surface area contributed by atoms with E-state index in [2.05, 4.69) is 29.9 Å². The lowest BCUT2D eigenvalue weighted by Gasteiger charge is -2.36. The van der Waals surface area contributed by atoms with Gasteiger partial charge in [-0.1, -0.05) is 11.6 Å². The summed E-state index contributed by atoms with van der Waals surface area (Å²) in [5.41, 5.74) is 1.17. The Hall–Kier alpha value is -2.92. The Morgan fingerprint density at radius 2 is 1.88 bits per heavy atom. The minimum Gasteiger partial charge on any atom is -0.353 e. The fourth-order valence-corrected chi connectivity index (χ4v) is 3.14. The first-order valence-corrected chi connectivity index (χ1v) is 8.27. The predicted octanol–water partition coefficient (Wildman–Crippen LogP) is 1.68. The molecule has 0 amide bonds. The topological polar surface area (TPSA) is 86.2 Å². The third-order valence-corrected chi connectivity index (χ3v) is 4.53. The molecule has 1 fully saturated rings. The summed E-state index contributed by atoms with van der Waals surface area (Å²) in [6.07, 6.45) is 1.52. The second kappa shape index (κ2) is 6.18. The number of pyridine rings is 1. The molecule has 0 saturated carbocycles. The van der Waals surface area contributed by atoms with Crippen molar-refractivity contribution in [3.63, 3.8) is 0 Å². The highest BCUT2D eigenvalue weighted by atomic mass is 35.5. The van der Waals surface area contributed by atoms with Gasteiger partial charge in [0.2, 0.25) is 0 Å². The third-order valence-electron chi connectivity index (χ3n) is 4.23. The highest BCUT2D eigenvalue weighted by Crippen LogP contribution is 2.22. The van der Waals surface area contributed by atoms with E-state index in [1.807, 2.05) is 25.1 Å². The van der Waals surface area contributed by atoms with Crippen molar-refractivity contribution >= 4 is 29.0 Å². The van der Waals surface area contributed by atoms with E-state index in [0.29, 0.717) is 10.8 Å². The first kappa shape index (κ1) is 15.6. The summed E-state index contributed by atoms with van der Waals surface area (Å²) in [6, 6.07) is 7.62. The van der Waals surface area contributed by atoms with E-state index in [1.54, 1.807) is 10.6 Å². The van der Waals surface area contributed by atoms with E-state index in [1.165, 1.54) is 6.33 Å². The summed E-state index contributed by atoms with van der Waals surface area (Å²) < 4.78 is 1.76. The van der Waals surface area contributed by atoms with Crippen LogP contribution < -0.4 is 9.80 Å². The van der Waals surface area contributed by atoms with Gasteiger partial charge in [-0.05, 0) is 19.1 Å². The molecule has 0 aliphatic carbocycles. The predicted molar refractivity (Wildman–Crippen MR) is 93.9 cm³/mol. The highest BCUT2D eigenvalue weighted by molar-refractivity contribution is 6.31. The maximum absolute atomic E-state index is 9.09. The Kier molecular flexibility index (Phi) is 3.86. The van der Waals surface area contributed by atoms with Crippen LogP contribution in [0.5, 0.6) is 0 Å². The van der Waals surface area contributed by atoms with Crippen LogP contribution in [0.15, 0.2) is 24.5 Å². The lowest BCUT2D eigenvalue weighted by atomic mass is 10.2. The van der Waals surface area contributed by atoms with Gasteiger partial charge in [-0.15, -0.1) is 0 Å². The minimum atomic E-state index is 0.260. The monoisotopic (exact) mass is 354 g/mol. The summed E-state index contributed by atoms with van der Waals surface area (Å²) in [5.74, 6) is 2.37. The average Bonchev–Trinajstić information content (AvgIpc) is 3.10. The lowest BCUT2D eigenvalue weighted by molar-refractivity contribution is 0.633. The summed E-state index contributed by atoms with van der Waals surface area (Å²) >= 11 is 5.96. The smallest absolute Gasteiger partial charge is 0.254 e. The second-order valence-electron chi connectivity index (χ2n) is 5.81. The molecule has 0 spiro atoms. The molecule has 0 atom stereocenters. The van der Waals surface area contributed by atoms with Crippen molar-refractivity contribution in [2.24, 2.45) is 0 Å². The zero-order chi connectivity index (χ0) is 17.4. The molecular formula is C16H15ClN8. The van der Waals surface area contributed by atoms with Crippen molar-refractivity contribution in [1.82, 2.24) is 24.6 Å². The van der Waals surface area contributed by atoms with Gasteiger partial charge in [-0.3, -0.25) is 0 Å². The quantitative estimate of drug-likeness (QED) is 0.692. The van der Waals surface area contributed by atoms with Crippen molar-refractivity contribution in [1.29, 1.82) is 5.26 Å². The molecule has 25 heavy (non-hydrogen) atoms. The molecule has 1 aliphatic heterocycles. The fraction of sp³-hybridized carbons (Fsp3) is 0.312. The van der Waals surface area contributed by atoms with Crippen LogP contribution in [-0.2, 0) is 0 Å². The number of nitriles is 1. The van der Waals surface area contributed by atoms with Crippen molar-refractivity contribution in [3.05, 3.63) is 40.9 Å². The average molecular weight is 355 g/mol. The molecule has 3 aromatic rings. The van der Waals surface area contributed by atoms with Crippen molar-refractivity contribution in [3.8, 4) is 6.07 Å². The largest absolute Gasteiger partial charge is 0.353 e. The molecule has 0 bridgehead atoms. The Balaban J connectivity index is 1.55. The molecule has 126 valence electrons. The fourth-order valence-electron chi connectivity index (χ4n) is 2.99. The van der Waals surface area contributed by atoms with Crippen LogP contribution in [0.25, 0.3) is 5.78 Å². The molecule has 1 saturated heterocycles. The number of piperazine rings is 1. The van der Waals surface area contributed by atoms with E-state index in [9.17, 15) is 0 Å². The zero-order valence-corrected chi connectivity index (χ0v) is 14.3. The summed E-state index contributed by atoms with van der Waals surface area (Å²) in [6.45, 7) is 5.15. The molecule has 9 heteroatoms. The van der Waals surface area contributed by atoms with Gasteiger partial charge >= 0.3 is 0 Å². The summed E-state index contributed by atoms with van der Waals surface area (Å²) in [5, 5.41) is 13.7. The Morgan fingerprint density at radius 3 is 2.64 bits per heavy atom. The third kappa shape index (κ3) is 2.83. The standard InChI is InChI=1S/C16H15ClN8/c1-11-8-15(25-16(21-11)19-10-20-25)24-6-4-23(5-7-24)14-3-2-12(17)13(9-18)22-14/h2-3,8,10H,4-7H2,1H3. The molecule has 1 aliphatic rings. The number of aromatic nitrogens is 5. The van der Waals surface area contributed by atoms with Gasteiger partial charge in [0.05, 0.1) is 5.02 Å². The van der Waals surface area contributed by atoms with Crippen molar-refractivity contribution < 1.29 is 0 Å². The van der Waals surface area contributed by atoms with Crippen LogP contribution >= 0.6 is 11.6 Å². The number of rotatable bonds is 2. The van der Waals surface area contributed by atoms with E-state index in [0.717, 1.165) is 43.5 Å². The van der Waals surface area contributed by atoms with Crippen molar-refractivity contribution in [2.45, 2.75) is 6.92 Å². The first-order valence-electron chi connectivity index (χ1n) is 7.89. The number of fused-ring (bicyclic) bond motifs is 1. The van der Waals surface area contributed by atoms with Gasteiger partial charge in [0, 0.05) is 37.9 Å². The van der Waals surface area contributed by atoms with Gasteiger partial charge < -0.3 is 9.80 Å². The maximum Gasteiger partial charge on any atom is 0.254 e. The summed E-state index contributed by atoms with van der Waals surface area (Å²) in [7, 11) is 0. The summed E-state index contributed by atoms with van der Waals surface area (Å²) in [4.78, 5) is 17.3. The number of anilines is 2. The molecule has 0 radical (unpaired) electrons. The number of halogens is 1.